The Labute approximate surface area is 143 Å². The smallest absolute Gasteiger partial charge is 0.309 e. The van der Waals surface area contributed by atoms with Crippen LogP contribution in [-0.2, 0) is 10.2 Å². The van der Waals surface area contributed by atoms with Gasteiger partial charge in [-0.25, -0.2) is 0 Å². The molecule has 8 heteroatoms. The van der Waals surface area contributed by atoms with Gasteiger partial charge in [0.1, 0.15) is 0 Å². The van der Waals surface area contributed by atoms with E-state index in [0.29, 0.717) is 24.8 Å². The van der Waals surface area contributed by atoms with Crippen molar-refractivity contribution < 1.29 is 19.7 Å². The number of nitrogens with zero attached hydrogens (tertiary/aromatic N) is 2. The van der Waals surface area contributed by atoms with Gasteiger partial charge in [0.05, 0.1) is 21.3 Å². The molecule has 5 rings (SSSR count). The Balaban J connectivity index is 1.85. The van der Waals surface area contributed by atoms with Crippen LogP contribution in [0, 0.1) is 37.5 Å². The molecule has 2 unspecified atom stereocenters. The van der Waals surface area contributed by atoms with Crippen molar-refractivity contribution >= 4 is 17.3 Å². The van der Waals surface area contributed by atoms with Gasteiger partial charge in [0.15, 0.2) is 0 Å². The predicted molar refractivity (Wildman–Crippen MR) is 86.2 cm³/mol. The fourth-order valence-corrected chi connectivity index (χ4v) is 6.06. The van der Waals surface area contributed by atoms with Crippen LogP contribution >= 0.6 is 0 Å². The van der Waals surface area contributed by atoms with Gasteiger partial charge in [-0.1, -0.05) is 0 Å². The van der Waals surface area contributed by atoms with Gasteiger partial charge in [0, 0.05) is 17.0 Å². The van der Waals surface area contributed by atoms with Gasteiger partial charge >= 0.3 is 5.97 Å². The van der Waals surface area contributed by atoms with Crippen LogP contribution in [0.4, 0.5) is 11.4 Å². The first kappa shape index (κ1) is 16.0. The molecule has 0 heterocycles. The zero-order valence-electron chi connectivity index (χ0n) is 13.5. The van der Waals surface area contributed by atoms with E-state index in [1.54, 1.807) is 0 Å². The van der Waals surface area contributed by atoms with E-state index in [9.17, 15) is 30.1 Å². The number of hydrogen-bond acceptors (Lipinski definition) is 5. The second-order valence-corrected chi connectivity index (χ2v) is 8.04. The molecule has 4 saturated carbocycles. The normalized spacial score (nSPS) is 35.5. The summed E-state index contributed by atoms with van der Waals surface area (Å²) in [5.74, 6) is -0.296. The van der Waals surface area contributed by atoms with Crippen molar-refractivity contribution in [1.82, 2.24) is 0 Å². The number of nitro groups is 2. The van der Waals surface area contributed by atoms with E-state index in [4.69, 9.17) is 0 Å². The number of hydrogen-bond donors (Lipinski definition) is 1. The Hall–Kier alpha value is -2.51. The summed E-state index contributed by atoms with van der Waals surface area (Å²) >= 11 is 0. The summed E-state index contributed by atoms with van der Waals surface area (Å²) in [5.41, 5.74) is -1.45. The molecule has 0 saturated heterocycles. The number of carboxylic acid groups (broad SMARTS) is 1. The van der Waals surface area contributed by atoms with Crippen LogP contribution in [0.25, 0.3) is 0 Å². The highest BCUT2D eigenvalue weighted by Crippen LogP contribution is 2.66. The maximum atomic E-state index is 12.0. The Morgan fingerprint density at radius 3 is 2.24 bits per heavy atom. The Kier molecular flexibility index (Phi) is 3.20. The minimum absolute atomic E-state index is 0.253. The van der Waals surface area contributed by atoms with Crippen LogP contribution in [-0.4, -0.2) is 20.9 Å². The topological polar surface area (TPSA) is 124 Å². The monoisotopic (exact) mass is 346 g/mol. The van der Waals surface area contributed by atoms with Crippen molar-refractivity contribution in [1.29, 1.82) is 0 Å². The van der Waals surface area contributed by atoms with Crippen molar-refractivity contribution in [3.8, 4) is 0 Å². The summed E-state index contributed by atoms with van der Waals surface area (Å²) in [5, 5.41) is 32.4. The van der Waals surface area contributed by atoms with Crippen LogP contribution in [0.15, 0.2) is 18.2 Å². The van der Waals surface area contributed by atoms with E-state index < -0.39 is 26.6 Å². The Morgan fingerprint density at radius 1 is 1.08 bits per heavy atom. The fraction of sp³-hybridized carbons (Fsp3) is 0.588. The van der Waals surface area contributed by atoms with Gasteiger partial charge in [0.25, 0.3) is 11.4 Å². The molecule has 1 aromatic carbocycles. The minimum atomic E-state index is -0.810. The van der Waals surface area contributed by atoms with Crippen LogP contribution < -0.4 is 0 Å². The number of nitro benzene ring substituents is 2. The van der Waals surface area contributed by atoms with Gasteiger partial charge in [0.2, 0.25) is 0 Å². The molecule has 1 N–H and O–H groups in total. The first-order valence-electron chi connectivity index (χ1n) is 8.41. The second kappa shape index (κ2) is 5.00. The molecule has 4 aliphatic rings. The van der Waals surface area contributed by atoms with Crippen LogP contribution in [0.3, 0.4) is 0 Å². The first-order chi connectivity index (χ1) is 11.7. The number of non-ortho nitro benzene ring substituents is 1. The van der Waals surface area contributed by atoms with Crippen molar-refractivity contribution in [2.45, 2.75) is 43.9 Å². The molecule has 4 aliphatic carbocycles. The third-order valence-corrected chi connectivity index (χ3v) is 6.47. The largest absolute Gasteiger partial charge is 0.481 e. The van der Waals surface area contributed by atoms with Crippen LogP contribution in [0.1, 0.15) is 44.1 Å². The van der Waals surface area contributed by atoms with E-state index in [1.807, 2.05) is 0 Å². The van der Waals surface area contributed by atoms with Crippen LogP contribution in [0.2, 0.25) is 0 Å². The van der Waals surface area contributed by atoms with Gasteiger partial charge < -0.3 is 5.11 Å². The van der Waals surface area contributed by atoms with E-state index in [-0.39, 0.29) is 23.2 Å². The standard InChI is InChI=1S/C17H18N2O6/c20-15(21)17-7-10-3-11(8-17)6-16(5-10,9-17)13-2-1-12(18(22)23)4-14(13)19(24)25/h1-2,4,10-11H,3,5-9H2,(H,20,21). The highest BCUT2D eigenvalue weighted by atomic mass is 16.6. The molecule has 1 aromatic rings. The lowest BCUT2D eigenvalue weighted by molar-refractivity contribution is -0.395. The molecule has 25 heavy (non-hydrogen) atoms. The molecule has 2 atom stereocenters. The third-order valence-electron chi connectivity index (χ3n) is 6.47. The Morgan fingerprint density at radius 2 is 1.72 bits per heavy atom. The maximum absolute atomic E-state index is 12.0. The van der Waals surface area contributed by atoms with Crippen molar-refractivity contribution in [3.63, 3.8) is 0 Å². The van der Waals surface area contributed by atoms with Crippen molar-refractivity contribution in [3.05, 3.63) is 44.0 Å². The quantitative estimate of drug-likeness (QED) is 0.658. The fourth-order valence-electron chi connectivity index (χ4n) is 6.06. The maximum Gasteiger partial charge on any atom is 0.309 e. The summed E-state index contributed by atoms with van der Waals surface area (Å²) in [7, 11) is 0. The molecule has 132 valence electrons. The first-order valence-corrected chi connectivity index (χ1v) is 8.41. The average Bonchev–Trinajstić information content (AvgIpc) is 2.52. The zero-order chi connectivity index (χ0) is 18.0. The lowest BCUT2D eigenvalue weighted by Gasteiger charge is -2.60. The number of rotatable bonds is 4. The highest BCUT2D eigenvalue weighted by Gasteiger charge is 2.62. The van der Waals surface area contributed by atoms with Gasteiger partial charge in [-0.3, -0.25) is 25.0 Å². The Bertz CT molecular complexity index is 790. The van der Waals surface area contributed by atoms with E-state index in [0.717, 1.165) is 25.3 Å². The molecular formula is C17H18N2O6. The number of aliphatic carboxylic acids is 1. The van der Waals surface area contributed by atoms with Gasteiger partial charge in [-0.15, -0.1) is 0 Å². The molecule has 0 amide bonds. The van der Waals surface area contributed by atoms with Gasteiger partial charge in [-0.05, 0) is 56.4 Å². The molecule has 0 spiro atoms. The summed E-state index contributed by atoms with van der Waals surface area (Å²) in [6, 6.07) is 3.80. The summed E-state index contributed by atoms with van der Waals surface area (Å²) in [6.45, 7) is 0. The van der Waals surface area contributed by atoms with Crippen LogP contribution in [0.5, 0.6) is 0 Å². The highest BCUT2D eigenvalue weighted by molar-refractivity contribution is 5.76. The lowest BCUT2D eigenvalue weighted by atomic mass is 9.43. The zero-order valence-corrected chi connectivity index (χ0v) is 13.5. The molecule has 8 nitrogen and oxygen atoms in total. The predicted octanol–water partition coefficient (Wildman–Crippen LogP) is 3.43. The number of benzene rings is 1. The molecule has 0 aliphatic heterocycles. The molecule has 4 bridgehead atoms. The van der Waals surface area contributed by atoms with E-state index >= 15 is 0 Å². The molecule has 4 fully saturated rings. The average molecular weight is 346 g/mol. The van der Waals surface area contributed by atoms with E-state index in [1.165, 1.54) is 12.1 Å². The van der Waals surface area contributed by atoms with Gasteiger partial charge in [-0.2, -0.15) is 0 Å². The SMILES string of the molecule is O=C(O)C12CC3CC(C1)CC(c1ccc([N+](=O)[O-])cc1[N+](=O)[O-])(C3)C2. The minimum Gasteiger partial charge on any atom is -0.481 e. The van der Waals surface area contributed by atoms with Crippen molar-refractivity contribution in [2.24, 2.45) is 17.3 Å². The summed E-state index contributed by atoms with van der Waals surface area (Å²) < 4.78 is 0. The second-order valence-electron chi connectivity index (χ2n) is 8.04. The molecule has 0 aromatic heterocycles. The van der Waals surface area contributed by atoms with E-state index in [2.05, 4.69) is 0 Å². The van der Waals surface area contributed by atoms with Crippen molar-refractivity contribution in [2.75, 3.05) is 0 Å². The molecule has 0 radical (unpaired) electrons. The molecular weight excluding hydrogens is 328 g/mol. The summed E-state index contributed by atoms with van der Waals surface area (Å²) in [6.07, 6.45) is 4.12. The number of carboxylic acids is 1. The third kappa shape index (κ3) is 2.23. The summed E-state index contributed by atoms with van der Waals surface area (Å²) in [4.78, 5) is 33.3. The lowest BCUT2D eigenvalue weighted by Crippen LogP contribution is -2.56. The number of carbonyl (C=O) groups is 1.